The van der Waals surface area contributed by atoms with Crippen molar-refractivity contribution in [3.63, 3.8) is 0 Å². The Morgan fingerprint density at radius 3 is 2.75 bits per heavy atom. The van der Waals surface area contributed by atoms with Gasteiger partial charge in [0, 0.05) is 11.5 Å². The number of rotatable bonds is 5. The molecule has 0 spiro atoms. The predicted octanol–water partition coefficient (Wildman–Crippen LogP) is 1.13. The topological polar surface area (TPSA) is 119 Å². The number of benzene rings is 1. The molecule has 0 bridgehead atoms. The van der Waals surface area contributed by atoms with Gasteiger partial charge < -0.3 is 20.4 Å². The lowest BCUT2D eigenvalue weighted by molar-refractivity contribution is -0.131. The van der Waals surface area contributed by atoms with Crippen LogP contribution in [0, 0.1) is 5.82 Å². The van der Waals surface area contributed by atoms with Gasteiger partial charge >= 0.3 is 0 Å². The Hall–Kier alpha value is -2.47. The van der Waals surface area contributed by atoms with Crippen molar-refractivity contribution in [1.82, 2.24) is 14.3 Å². The maximum Gasteiger partial charge on any atom is 0.297 e. The van der Waals surface area contributed by atoms with Crippen LogP contribution in [0.2, 0.25) is 5.02 Å². The van der Waals surface area contributed by atoms with E-state index < -0.39 is 29.8 Å². The zero-order chi connectivity index (χ0) is 20.6. The van der Waals surface area contributed by atoms with Gasteiger partial charge in [0.15, 0.2) is 5.65 Å². The number of nitrogens with zero attached hydrogens (tertiary/aromatic N) is 3. The van der Waals surface area contributed by atoms with E-state index in [9.17, 15) is 19.1 Å². The van der Waals surface area contributed by atoms with Crippen molar-refractivity contribution in [2.45, 2.75) is 6.29 Å². The minimum atomic E-state index is -1.68. The number of fused-ring (bicyclic) bond motifs is 1. The summed E-state index contributed by atoms with van der Waals surface area (Å²) in [4.78, 5) is 34.1. The molecule has 12 heteroatoms. The highest BCUT2D eigenvalue weighted by Gasteiger charge is 2.21. The number of aryl methyl sites for hydroxylation is 1. The van der Waals surface area contributed by atoms with Gasteiger partial charge in [-0.25, -0.2) is 9.37 Å². The smallest absolute Gasteiger partial charge is 0.297 e. The van der Waals surface area contributed by atoms with E-state index in [2.05, 4.69) is 26.2 Å². The summed E-state index contributed by atoms with van der Waals surface area (Å²) in [6.45, 7) is -0.770. The Morgan fingerprint density at radius 2 is 2.11 bits per heavy atom. The van der Waals surface area contributed by atoms with E-state index in [1.165, 1.54) is 19.2 Å². The van der Waals surface area contributed by atoms with Crippen LogP contribution < -0.4 is 21.3 Å². The quantitative estimate of drug-likeness (QED) is 0.474. The standard InChI is InChI=1S/C16H13BrClFN4O5/c1-22-14-11(15(26)23(6-20-14)28-10(25)5-24)13(12(18)16(22)27)21-9-3-2-7(17)4-8(9)19/h2-4,6,10,21,24-25H,5H2,1H3/t10-/m1/s1. The van der Waals surface area contributed by atoms with Crippen molar-refractivity contribution in [3.05, 3.63) is 60.5 Å². The zero-order valence-electron chi connectivity index (χ0n) is 14.2. The maximum atomic E-state index is 14.2. The van der Waals surface area contributed by atoms with Crippen molar-refractivity contribution in [3.8, 4) is 0 Å². The van der Waals surface area contributed by atoms with E-state index in [0.717, 1.165) is 10.9 Å². The number of pyridine rings is 1. The average Bonchev–Trinajstić information content (AvgIpc) is 2.66. The Balaban J connectivity index is 2.29. The molecule has 1 aromatic carbocycles. The van der Waals surface area contributed by atoms with Gasteiger partial charge in [-0.1, -0.05) is 27.5 Å². The summed E-state index contributed by atoms with van der Waals surface area (Å²) in [5.41, 5.74) is -1.75. The van der Waals surface area contributed by atoms with Gasteiger partial charge in [-0.05, 0) is 18.2 Å². The number of hydrogen-bond donors (Lipinski definition) is 3. The molecule has 0 unspecified atom stereocenters. The molecule has 0 fully saturated rings. The van der Waals surface area contributed by atoms with E-state index in [1.54, 1.807) is 6.07 Å². The van der Waals surface area contributed by atoms with Crippen LogP contribution in [0.3, 0.4) is 0 Å². The lowest BCUT2D eigenvalue weighted by Gasteiger charge is -2.16. The number of hydrogen-bond acceptors (Lipinski definition) is 7. The van der Waals surface area contributed by atoms with E-state index >= 15 is 0 Å². The molecule has 0 saturated carbocycles. The fourth-order valence-electron chi connectivity index (χ4n) is 2.45. The molecule has 3 N–H and O–H groups in total. The van der Waals surface area contributed by atoms with Gasteiger partial charge in [0.05, 0.1) is 11.4 Å². The largest absolute Gasteiger partial charge is 0.390 e. The zero-order valence-corrected chi connectivity index (χ0v) is 16.5. The monoisotopic (exact) mass is 474 g/mol. The van der Waals surface area contributed by atoms with Gasteiger partial charge in [0.25, 0.3) is 11.1 Å². The molecule has 9 nitrogen and oxygen atoms in total. The molecule has 2 heterocycles. The van der Waals surface area contributed by atoms with Gasteiger partial charge in [-0.2, -0.15) is 0 Å². The van der Waals surface area contributed by atoms with Crippen molar-refractivity contribution in [1.29, 1.82) is 0 Å². The maximum absolute atomic E-state index is 14.2. The fraction of sp³-hybridized carbons (Fsp3) is 0.188. The van der Waals surface area contributed by atoms with E-state index in [-0.39, 0.29) is 27.4 Å². The van der Waals surface area contributed by atoms with E-state index in [1.807, 2.05) is 0 Å². The second-order valence-electron chi connectivity index (χ2n) is 5.62. The average molecular weight is 476 g/mol. The fourth-order valence-corrected chi connectivity index (χ4v) is 3.05. The Bertz CT molecular complexity index is 1180. The summed E-state index contributed by atoms with van der Waals surface area (Å²) >= 11 is 9.27. The van der Waals surface area contributed by atoms with Crippen LogP contribution in [0.5, 0.6) is 0 Å². The van der Waals surface area contributed by atoms with Gasteiger partial charge in [-0.3, -0.25) is 14.2 Å². The van der Waals surface area contributed by atoms with E-state index in [0.29, 0.717) is 9.20 Å². The number of aliphatic hydroxyl groups is 2. The minimum Gasteiger partial charge on any atom is -0.390 e. The number of aromatic nitrogens is 3. The van der Waals surface area contributed by atoms with Crippen molar-refractivity contribution >= 4 is 49.9 Å². The van der Waals surface area contributed by atoms with Crippen LogP contribution in [0.15, 0.2) is 38.6 Å². The Kier molecular flexibility index (Phi) is 5.70. The Morgan fingerprint density at radius 1 is 1.39 bits per heavy atom. The van der Waals surface area contributed by atoms with Crippen molar-refractivity contribution in [2.75, 3.05) is 11.9 Å². The molecular weight excluding hydrogens is 463 g/mol. The highest BCUT2D eigenvalue weighted by Crippen LogP contribution is 2.30. The van der Waals surface area contributed by atoms with Crippen molar-refractivity contribution < 1.29 is 19.4 Å². The predicted molar refractivity (Wildman–Crippen MR) is 103 cm³/mol. The molecule has 2 aromatic heterocycles. The SMILES string of the molecule is Cn1c(=O)c(Cl)c(Nc2ccc(Br)cc2F)c2c(=O)n(O[C@@H](O)CO)cnc21. The molecule has 1 atom stereocenters. The third-order valence-electron chi connectivity index (χ3n) is 3.78. The van der Waals surface area contributed by atoms with Crippen LogP contribution >= 0.6 is 27.5 Å². The molecule has 0 amide bonds. The third-order valence-corrected chi connectivity index (χ3v) is 4.63. The lowest BCUT2D eigenvalue weighted by atomic mass is 10.2. The second kappa shape index (κ2) is 7.87. The molecular formula is C16H13BrClFN4O5. The summed E-state index contributed by atoms with van der Waals surface area (Å²) in [5, 5.41) is 20.4. The van der Waals surface area contributed by atoms with Crippen LogP contribution in [0.4, 0.5) is 15.8 Å². The number of nitrogens with one attached hydrogen (secondary N) is 1. The molecule has 28 heavy (non-hydrogen) atoms. The first-order valence-electron chi connectivity index (χ1n) is 7.72. The molecule has 0 saturated heterocycles. The molecule has 3 aromatic rings. The minimum absolute atomic E-state index is 0.0363. The molecule has 0 aliphatic rings. The number of aliphatic hydroxyl groups excluding tert-OH is 2. The molecule has 0 aliphatic heterocycles. The first-order chi connectivity index (χ1) is 13.2. The first-order valence-corrected chi connectivity index (χ1v) is 8.89. The molecule has 0 aliphatic carbocycles. The van der Waals surface area contributed by atoms with Gasteiger partial charge in [0.2, 0.25) is 6.29 Å². The molecule has 148 valence electrons. The number of halogens is 3. The normalized spacial score (nSPS) is 12.2. The highest BCUT2D eigenvalue weighted by molar-refractivity contribution is 9.10. The highest BCUT2D eigenvalue weighted by atomic mass is 79.9. The summed E-state index contributed by atoms with van der Waals surface area (Å²) in [7, 11) is 1.36. The summed E-state index contributed by atoms with van der Waals surface area (Å²) in [6, 6.07) is 4.14. The first kappa shape index (κ1) is 20.3. The van der Waals surface area contributed by atoms with Crippen LogP contribution in [-0.2, 0) is 7.05 Å². The molecule has 0 radical (unpaired) electrons. The summed E-state index contributed by atoms with van der Waals surface area (Å²) in [6.07, 6.45) is -0.749. The number of anilines is 2. The summed E-state index contributed by atoms with van der Waals surface area (Å²) < 4.78 is 16.4. The second-order valence-corrected chi connectivity index (χ2v) is 6.91. The van der Waals surface area contributed by atoms with Crippen LogP contribution in [0.25, 0.3) is 11.0 Å². The molecule has 3 rings (SSSR count). The van der Waals surface area contributed by atoms with Gasteiger partial charge in [0.1, 0.15) is 29.2 Å². The Labute approximate surface area is 169 Å². The van der Waals surface area contributed by atoms with Gasteiger partial charge in [-0.15, -0.1) is 4.73 Å². The third kappa shape index (κ3) is 3.61. The van der Waals surface area contributed by atoms with Crippen LogP contribution in [-0.4, -0.2) is 37.4 Å². The summed E-state index contributed by atoms with van der Waals surface area (Å²) in [5.74, 6) is -0.657. The van der Waals surface area contributed by atoms with Crippen LogP contribution in [0.1, 0.15) is 0 Å². The van der Waals surface area contributed by atoms with Crippen molar-refractivity contribution in [2.24, 2.45) is 7.05 Å². The van der Waals surface area contributed by atoms with E-state index in [4.69, 9.17) is 21.5 Å². The lowest BCUT2D eigenvalue weighted by Crippen LogP contribution is -2.36.